The summed E-state index contributed by atoms with van der Waals surface area (Å²) in [6, 6.07) is 4.07. The van der Waals surface area contributed by atoms with Gasteiger partial charge in [0, 0.05) is 35.1 Å². The lowest BCUT2D eigenvalue weighted by molar-refractivity contribution is -0.141. The predicted molar refractivity (Wildman–Crippen MR) is 81.2 cm³/mol. The molecule has 3 heterocycles. The summed E-state index contributed by atoms with van der Waals surface area (Å²) >= 11 is 2.45. The van der Waals surface area contributed by atoms with Gasteiger partial charge >= 0.3 is 6.18 Å². The van der Waals surface area contributed by atoms with E-state index in [4.69, 9.17) is 0 Å². The van der Waals surface area contributed by atoms with Crippen LogP contribution in [0.1, 0.15) is 11.4 Å². The number of aromatic nitrogens is 4. The third-order valence-corrected chi connectivity index (χ3v) is 4.70. The molecule has 0 bridgehead atoms. The van der Waals surface area contributed by atoms with E-state index in [-0.39, 0.29) is 10.9 Å². The maximum absolute atomic E-state index is 13.1. The monoisotopic (exact) mass is 354 g/mol. The molecule has 3 aromatic heterocycles. The number of halogens is 3. The van der Waals surface area contributed by atoms with Gasteiger partial charge in [-0.3, -0.25) is 4.98 Å². The van der Waals surface area contributed by atoms with Crippen molar-refractivity contribution < 1.29 is 13.2 Å². The summed E-state index contributed by atoms with van der Waals surface area (Å²) in [5, 5.41) is 2.03. The Morgan fingerprint density at radius 2 is 1.83 bits per heavy atom. The highest BCUT2D eigenvalue weighted by atomic mass is 32.2. The molecule has 4 nitrogen and oxygen atoms in total. The lowest BCUT2D eigenvalue weighted by Crippen LogP contribution is -2.10. The van der Waals surface area contributed by atoms with Crippen molar-refractivity contribution in [3.05, 3.63) is 47.4 Å². The van der Waals surface area contributed by atoms with E-state index in [0.29, 0.717) is 9.90 Å². The highest BCUT2D eigenvalue weighted by Gasteiger charge is 2.34. The van der Waals surface area contributed by atoms with Crippen LogP contribution in [0, 0.1) is 6.92 Å². The number of alkyl halides is 3. The fourth-order valence-electron chi connectivity index (χ4n) is 1.72. The van der Waals surface area contributed by atoms with Crippen LogP contribution in [0.3, 0.4) is 0 Å². The highest BCUT2D eigenvalue weighted by Crippen LogP contribution is 2.35. The Morgan fingerprint density at radius 3 is 2.43 bits per heavy atom. The molecule has 0 N–H and O–H groups in total. The minimum atomic E-state index is -4.54. The quantitative estimate of drug-likeness (QED) is 0.650. The van der Waals surface area contributed by atoms with Crippen molar-refractivity contribution in [2.75, 3.05) is 0 Å². The molecule has 0 atom stereocenters. The number of aryl methyl sites for hydroxylation is 1. The molecular weight excluding hydrogens is 345 g/mol. The second-order valence-corrected chi connectivity index (χ2v) is 6.63. The Balaban J connectivity index is 2.05. The van der Waals surface area contributed by atoms with E-state index in [0.717, 1.165) is 23.5 Å². The first-order chi connectivity index (χ1) is 10.9. The fraction of sp³-hybridized carbons (Fsp3) is 0.143. The average Bonchev–Trinajstić information content (AvgIpc) is 2.92. The summed E-state index contributed by atoms with van der Waals surface area (Å²) in [7, 11) is 0. The van der Waals surface area contributed by atoms with Crippen molar-refractivity contribution in [3.8, 4) is 11.4 Å². The van der Waals surface area contributed by atoms with E-state index < -0.39 is 11.9 Å². The van der Waals surface area contributed by atoms with E-state index in [2.05, 4.69) is 19.9 Å². The maximum atomic E-state index is 13.1. The first kappa shape index (κ1) is 15.9. The Hall–Kier alpha value is -2.00. The fourth-order valence-corrected chi connectivity index (χ4v) is 3.51. The van der Waals surface area contributed by atoms with Crippen LogP contribution in [0.15, 0.2) is 45.3 Å². The summed E-state index contributed by atoms with van der Waals surface area (Å²) in [6.45, 7) is 1.82. The molecule has 0 aliphatic heterocycles. The summed E-state index contributed by atoms with van der Waals surface area (Å²) in [5.74, 6) is 0.0120. The van der Waals surface area contributed by atoms with Crippen LogP contribution in [0.5, 0.6) is 0 Å². The Bertz CT molecular complexity index is 818. The maximum Gasteiger partial charge on any atom is 0.433 e. The molecule has 0 fully saturated rings. The van der Waals surface area contributed by atoms with Gasteiger partial charge in [-0.25, -0.2) is 15.0 Å². The minimum Gasteiger partial charge on any atom is -0.265 e. The molecule has 0 unspecified atom stereocenters. The van der Waals surface area contributed by atoms with Crippen LogP contribution >= 0.6 is 23.1 Å². The van der Waals surface area contributed by atoms with Crippen LogP contribution in [0.4, 0.5) is 13.2 Å². The van der Waals surface area contributed by atoms with E-state index in [1.165, 1.54) is 23.7 Å². The lowest BCUT2D eigenvalue weighted by Gasteiger charge is -2.09. The van der Waals surface area contributed by atoms with Crippen LogP contribution < -0.4 is 0 Å². The van der Waals surface area contributed by atoms with Gasteiger partial charge in [0.25, 0.3) is 0 Å². The number of hydrogen-bond acceptors (Lipinski definition) is 6. The molecule has 118 valence electrons. The number of rotatable bonds is 3. The number of nitrogens with zero attached hydrogens (tertiary/aromatic N) is 4. The molecular formula is C14H9F3N4S2. The topological polar surface area (TPSA) is 51.6 Å². The smallest absolute Gasteiger partial charge is 0.265 e. The third-order valence-electron chi connectivity index (χ3n) is 2.72. The zero-order chi connectivity index (χ0) is 16.4. The van der Waals surface area contributed by atoms with Gasteiger partial charge in [-0.2, -0.15) is 13.2 Å². The largest absolute Gasteiger partial charge is 0.433 e. The molecule has 0 aliphatic carbocycles. The van der Waals surface area contributed by atoms with Gasteiger partial charge in [-0.05, 0) is 30.8 Å². The van der Waals surface area contributed by atoms with E-state index in [1.54, 1.807) is 12.1 Å². The molecule has 3 rings (SSSR count). The minimum absolute atomic E-state index is 0.0120. The summed E-state index contributed by atoms with van der Waals surface area (Å²) in [6.07, 6.45) is -1.58. The lowest BCUT2D eigenvalue weighted by atomic mass is 10.2. The van der Waals surface area contributed by atoms with Gasteiger partial charge in [-0.1, -0.05) is 0 Å². The molecule has 9 heteroatoms. The zero-order valence-electron chi connectivity index (χ0n) is 11.7. The van der Waals surface area contributed by atoms with E-state index >= 15 is 0 Å². The molecule has 0 aliphatic rings. The van der Waals surface area contributed by atoms with Crippen LogP contribution in [0.2, 0.25) is 0 Å². The molecule has 0 radical (unpaired) electrons. The standard InChI is InChI=1S/C14H9F3N4S2/c1-8-7-22-13(19-8)23-11-6-10(14(15,16)17)20-12(21-11)9-2-4-18-5-3-9/h2-7H,1H3. The SMILES string of the molecule is Cc1csc(Sc2cc(C(F)(F)F)nc(-c3ccncc3)n2)n1. The molecule has 0 spiro atoms. The van der Waals surface area contributed by atoms with Crippen molar-refractivity contribution in [1.29, 1.82) is 0 Å². The van der Waals surface area contributed by atoms with Gasteiger partial charge in [0.1, 0.15) is 10.7 Å². The number of thiazole rings is 1. The Morgan fingerprint density at radius 1 is 1.09 bits per heavy atom. The molecule has 0 saturated heterocycles. The van der Waals surface area contributed by atoms with Gasteiger partial charge in [0.2, 0.25) is 0 Å². The third kappa shape index (κ3) is 3.85. The van der Waals surface area contributed by atoms with Gasteiger partial charge in [0.15, 0.2) is 10.2 Å². The zero-order valence-corrected chi connectivity index (χ0v) is 13.3. The van der Waals surface area contributed by atoms with E-state index in [1.807, 2.05) is 12.3 Å². The molecule has 23 heavy (non-hydrogen) atoms. The second-order valence-electron chi connectivity index (χ2n) is 4.51. The predicted octanol–water partition coefficient (Wildman–Crippen LogP) is 4.47. The number of pyridine rings is 1. The van der Waals surface area contributed by atoms with Crippen molar-refractivity contribution >= 4 is 23.1 Å². The molecule has 3 aromatic rings. The molecule has 0 amide bonds. The van der Waals surface area contributed by atoms with Crippen molar-refractivity contribution in [2.24, 2.45) is 0 Å². The van der Waals surface area contributed by atoms with E-state index in [9.17, 15) is 13.2 Å². The Labute approximate surface area is 137 Å². The summed E-state index contributed by atoms with van der Waals surface area (Å²) in [5.41, 5.74) is 0.315. The summed E-state index contributed by atoms with van der Waals surface area (Å²) in [4.78, 5) is 15.9. The molecule has 0 aromatic carbocycles. The average molecular weight is 354 g/mol. The molecule has 0 saturated carbocycles. The van der Waals surface area contributed by atoms with Gasteiger partial charge < -0.3 is 0 Å². The van der Waals surface area contributed by atoms with Crippen molar-refractivity contribution in [1.82, 2.24) is 19.9 Å². The number of hydrogen-bond donors (Lipinski definition) is 0. The second kappa shape index (κ2) is 6.25. The normalized spacial score (nSPS) is 11.7. The van der Waals surface area contributed by atoms with Crippen LogP contribution in [-0.2, 0) is 6.18 Å². The highest BCUT2D eigenvalue weighted by molar-refractivity contribution is 8.01. The van der Waals surface area contributed by atoms with Crippen molar-refractivity contribution in [2.45, 2.75) is 22.5 Å². The summed E-state index contributed by atoms with van der Waals surface area (Å²) < 4.78 is 39.9. The first-order valence-electron chi connectivity index (χ1n) is 6.38. The Kier molecular flexibility index (Phi) is 4.31. The van der Waals surface area contributed by atoms with Crippen LogP contribution in [-0.4, -0.2) is 19.9 Å². The van der Waals surface area contributed by atoms with Gasteiger partial charge in [0.05, 0.1) is 0 Å². The van der Waals surface area contributed by atoms with Gasteiger partial charge in [-0.15, -0.1) is 11.3 Å². The van der Waals surface area contributed by atoms with Crippen LogP contribution in [0.25, 0.3) is 11.4 Å². The first-order valence-corrected chi connectivity index (χ1v) is 8.08. The van der Waals surface area contributed by atoms with Crippen molar-refractivity contribution in [3.63, 3.8) is 0 Å².